The largest absolute Gasteiger partial charge is 0.444 e. The van der Waals surface area contributed by atoms with Crippen molar-refractivity contribution >= 4 is 11.9 Å². The van der Waals surface area contributed by atoms with Gasteiger partial charge in [-0.25, -0.2) is 9.78 Å². The zero-order chi connectivity index (χ0) is 17.0. The van der Waals surface area contributed by atoms with Crippen LogP contribution in [0.1, 0.15) is 58.6 Å². The molecule has 0 unspecified atom stereocenters. The molecule has 23 heavy (non-hydrogen) atoms. The van der Waals surface area contributed by atoms with Gasteiger partial charge >= 0.3 is 6.09 Å². The first-order valence-corrected chi connectivity index (χ1v) is 8.49. The third-order valence-electron chi connectivity index (χ3n) is 4.14. The van der Waals surface area contributed by atoms with E-state index in [0.717, 1.165) is 43.7 Å². The highest BCUT2D eigenvalue weighted by Crippen LogP contribution is 2.36. The number of hydrogen-bond acceptors (Lipinski definition) is 4. The molecule has 1 aliphatic heterocycles. The second-order valence-electron chi connectivity index (χ2n) is 7.12. The van der Waals surface area contributed by atoms with Gasteiger partial charge in [0.05, 0.1) is 6.04 Å². The van der Waals surface area contributed by atoms with E-state index in [-0.39, 0.29) is 12.1 Å². The first kappa shape index (κ1) is 17.6. The summed E-state index contributed by atoms with van der Waals surface area (Å²) >= 11 is 0. The van der Waals surface area contributed by atoms with Crippen molar-refractivity contribution in [2.24, 2.45) is 0 Å². The Hall–Kier alpha value is -1.78. The molecule has 1 atom stereocenters. The van der Waals surface area contributed by atoms with Crippen molar-refractivity contribution in [1.29, 1.82) is 0 Å². The number of amides is 1. The number of ether oxygens (including phenoxy) is 1. The van der Waals surface area contributed by atoms with Crippen LogP contribution in [-0.4, -0.2) is 41.7 Å². The number of aromatic nitrogens is 1. The van der Waals surface area contributed by atoms with Gasteiger partial charge in [-0.15, -0.1) is 0 Å². The molecule has 0 N–H and O–H groups in total. The van der Waals surface area contributed by atoms with E-state index in [1.807, 2.05) is 45.0 Å². The molecular formula is C18H29N3O2. The van der Waals surface area contributed by atoms with E-state index >= 15 is 0 Å². The Bertz CT molecular complexity index is 539. The summed E-state index contributed by atoms with van der Waals surface area (Å²) in [6, 6.07) is 4.07. The predicted molar refractivity (Wildman–Crippen MR) is 92.7 cm³/mol. The third-order valence-corrected chi connectivity index (χ3v) is 4.14. The molecule has 0 aliphatic carbocycles. The SMILES string of the molecule is CCN(C)c1ncccc1[C@@H]1CCCCN1C(=O)OC(C)(C)C. The average Bonchev–Trinajstić information content (AvgIpc) is 2.52. The van der Waals surface area contributed by atoms with Crippen LogP contribution in [0.4, 0.5) is 10.6 Å². The molecule has 0 bridgehead atoms. The minimum atomic E-state index is -0.475. The summed E-state index contributed by atoms with van der Waals surface area (Å²) in [5.41, 5.74) is 0.638. The predicted octanol–water partition coefficient (Wildman–Crippen LogP) is 4.00. The summed E-state index contributed by atoms with van der Waals surface area (Å²) in [6.45, 7) is 9.44. The number of carbonyl (C=O) groups is 1. The molecule has 1 amide bonds. The second-order valence-corrected chi connectivity index (χ2v) is 7.12. The molecule has 0 spiro atoms. The van der Waals surface area contributed by atoms with Crippen LogP contribution in [0.25, 0.3) is 0 Å². The number of nitrogens with zero attached hydrogens (tertiary/aromatic N) is 3. The molecular weight excluding hydrogens is 290 g/mol. The van der Waals surface area contributed by atoms with Gasteiger partial charge in [0, 0.05) is 31.9 Å². The maximum atomic E-state index is 12.6. The number of pyridine rings is 1. The minimum Gasteiger partial charge on any atom is -0.444 e. The summed E-state index contributed by atoms with van der Waals surface area (Å²) in [4.78, 5) is 21.2. The van der Waals surface area contributed by atoms with Gasteiger partial charge in [-0.3, -0.25) is 0 Å². The number of rotatable bonds is 3. The lowest BCUT2D eigenvalue weighted by molar-refractivity contribution is 0.00955. The average molecular weight is 319 g/mol. The molecule has 128 valence electrons. The van der Waals surface area contributed by atoms with E-state index < -0.39 is 5.60 Å². The van der Waals surface area contributed by atoms with Crippen molar-refractivity contribution in [3.05, 3.63) is 23.9 Å². The molecule has 0 aromatic carbocycles. The molecule has 0 saturated carbocycles. The summed E-state index contributed by atoms with van der Waals surface area (Å²) in [5.74, 6) is 0.954. The number of hydrogen-bond donors (Lipinski definition) is 0. The third kappa shape index (κ3) is 4.36. The van der Waals surface area contributed by atoms with E-state index in [1.165, 1.54) is 0 Å². The lowest BCUT2D eigenvalue weighted by atomic mass is 9.95. The standard InChI is InChI=1S/C18H29N3O2/c1-6-20(5)16-14(10-9-12-19-16)15-11-7-8-13-21(15)17(22)23-18(2,3)4/h9-10,12,15H,6-8,11,13H2,1-5H3/t15-/m0/s1. The van der Waals surface area contributed by atoms with Crippen molar-refractivity contribution in [2.75, 3.05) is 25.0 Å². The Kier molecular flexibility index (Phi) is 5.50. The summed E-state index contributed by atoms with van der Waals surface area (Å²) in [5, 5.41) is 0. The lowest BCUT2D eigenvalue weighted by Gasteiger charge is -2.38. The maximum absolute atomic E-state index is 12.6. The first-order chi connectivity index (χ1) is 10.8. The molecule has 2 heterocycles. The van der Waals surface area contributed by atoms with Gasteiger partial charge in [-0.2, -0.15) is 0 Å². The molecule has 0 radical (unpaired) electrons. The van der Waals surface area contributed by atoms with Gasteiger partial charge in [0.15, 0.2) is 0 Å². The molecule has 1 aliphatic rings. The Morgan fingerprint density at radius 1 is 1.43 bits per heavy atom. The zero-order valence-corrected chi connectivity index (χ0v) is 15.0. The van der Waals surface area contributed by atoms with Crippen LogP contribution in [0.3, 0.4) is 0 Å². The van der Waals surface area contributed by atoms with Gasteiger partial charge in [0.25, 0.3) is 0 Å². The number of carbonyl (C=O) groups excluding carboxylic acids is 1. The van der Waals surface area contributed by atoms with Crippen LogP contribution in [0.15, 0.2) is 18.3 Å². The van der Waals surface area contributed by atoms with Crippen LogP contribution in [-0.2, 0) is 4.74 Å². The van der Waals surface area contributed by atoms with Gasteiger partial charge < -0.3 is 14.5 Å². The highest BCUT2D eigenvalue weighted by atomic mass is 16.6. The quantitative estimate of drug-likeness (QED) is 0.845. The Morgan fingerprint density at radius 3 is 2.83 bits per heavy atom. The van der Waals surface area contributed by atoms with Crippen molar-refractivity contribution < 1.29 is 9.53 Å². The van der Waals surface area contributed by atoms with Crippen LogP contribution in [0.5, 0.6) is 0 Å². The smallest absolute Gasteiger partial charge is 0.410 e. The van der Waals surface area contributed by atoms with Crippen molar-refractivity contribution in [3.63, 3.8) is 0 Å². The topological polar surface area (TPSA) is 45.7 Å². The summed E-state index contributed by atoms with van der Waals surface area (Å²) < 4.78 is 5.61. The Morgan fingerprint density at radius 2 is 2.17 bits per heavy atom. The summed E-state index contributed by atoms with van der Waals surface area (Å²) in [7, 11) is 2.03. The molecule has 1 aromatic rings. The second kappa shape index (κ2) is 7.20. The van der Waals surface area contributed by atoms with Gasteiger partial charge in [-0.05, 0) is 53.0 Å². The lowest BCUT2D eigenvalue weighted by Crippen LogP contribution is -2.42. The fraction of sp³-hybridized carbons (Fsp3) is 0.667. The van der Waals surface area contributed by atoms with Crippen LogP contribution in [0, 0.1) is 0 Å². The maximum Gasteiger partial charge on any atom is 0.410 e. The van der Waals surface area contributed by atoms with E-state index in [4.69, 9.17) is 4.74 Å². The van der Waals surface area contributed by atoms with E-state index in [0.29, 0.717) is 0 Å². The molecule has 2 rings (SSSR count). The van der Waals surface area contributed by atoms with Gasteiger partial charge in [0.1, 0.15) is 11.4 Å². The number of anilines is 1. The molecule has 5 nitrogen and oxygen atoms in total. The molecule has 5 heteroatoms. The fourth-order valence-electron chi connectivity index (χ4n) is 2.93. The van der Waals surface area contributed by atoms with Crippen molar-refractivity contribution in [1.82, 2.24) is 9.88 Å². The zero-order valence-electron chi connectivity index (χ0n) is 15.0. The van der Waals surface area contributed by atoms with Crippen LogP contribution in [0.2, 0.25) is 0 Å². The molecule has 1 aromatic heterocycles. The van der Waals surface area contributed by atoms with Crippen molar-refractivity contribution in [3.8, 4) is 0 Å². The fourth-order valence-corrected chi connectivity index (χ4v) is 2.93. The Labute approximate surface area is 139 Å². The number of piperidine rings is 1. The number of likely N-dealkylation sites (tertiary alicyclic amines) is 1. The minimum absolute atomic E-state index is 0.0382. The normalized spacial score (nSPS) is 18.7. The monoisotopic (exact) mass is 319 g/mol. The highest BCUT2D eigenvalue weighted by Gasteiger charge is 2.33. The van der Waals surface area contributed by atoms with Gasteiger partial charge in [-0.1, -0.05) is 6.07 Å². The highest BCUT2D eigenvalue weighted by molar-refractivity contribution is 5.69. The van der Waals surface area contributed by atoms with E-state index in [2.05, 4.69) is 22.9 Å². The van der Waals surface area contributed by atoms with Crippen molar-refractivity contribution in [2.45, 2.75) is 58.6 Å². The first-order valence-electron chi connectivity index (χ1n) is 8.49. The molecule has 1 saturated heterocycles. The van der Waals surface area contributed by atoms with Crippen LogP contribution >= 0.6 is 0 Å². The van der Waals surface area contributed by atoms with E-state index in [9.17, 15) is 4.79 Å². The van der Waals surface area contributed by atoms with Gasteiger partial charge in [0.2, 0.25) is 0 Å². The summed E-state index contributed by atoms with van der Waals surface area (Å²) in [6.07, 6.45) is 4.68. The molecule has 1 fully saturated rings. The van der Waals surface area contributed by atoms with Crippen LogP contribution < -0.4 is 4.90 Å². The van der Waals surface area contributed by atoms with E-state index in [1.54, 1.807) is 0 Å². The Balaban J connectivity index is 2.30.